The first-order chi connectivity index (χ1) is 16.6. The molecule has 4 aromatic rings. The van der Waals surface area contributed by atoms with E-state index in [9.17, 15) is 13.2 Å². The number of nitrogens with zero attached hydrogens (tertiary/aromatic N) is 4. The number of sulfonamides is 1. The zero-order valence-corrected chi connectivity index (χ0v) is 21.7. The molecule has 1 aliphatic heterocycles. The van der Waals surface area contributed by atoms with Crippen molar-refractivity contribution >= 4 is 43.3 Å². The second-order valence-corrected chi connectivity index (χ2v) is 12.0. The van der Waals surface area contributed by atoms with Crippen LogP contribution >= 0.6 is 11.3 Å². The molecule has 1 N–H and O–H groups in total. The minimum Gasteiger partial charge on any atom is -0.309 e. The summed E-state index contributed by atoms with van der Waals surface area (Å²) in [4.78, 5) is 18.3. The Kier molecular flexibility index (Phi) is 5.98. The van der Waals surface area contributed by atoms with Gasteiger partial charge in [-0.1, -0.05) is 29.0 Å². The number of amides is 1. The molecule has 10 heteroatoms. The minimum absolute atomic E-state index is 0.198. The fourth-order valence-corrected chi connectivity index (χ4v) is 7.01. The number of nitrogens with one attached hydrogen (secondary N) is 1. The van der Waals surface area contributed by atoms with Gasteiger partial charge >= 0.3 is 0 Å². The van der Waals surface area contributed by atoms with Gasteiger partial charge in [0.05, 0.1) is 20.8 Å². The first-order valence-corrected chi connectivity index (χ1v) is 13.7. The summed E-state index contributed by atoms with van der Waals surface area (Å²) in [6, 6.07) is 11.8. The Morgan fingerprint density at radius 3 is 2.51 bits per heavy atom. The van der Waals surface area contributed by atoms with Gasteiger partial charge in [-0.2, -0.15) is 14.1 Å². The van der Waals surface area contributed by atoms with Crippen molar-refractivity contribution < 1.29 is 13.2 Å². The van der Waals surface area contributed by atoms with E-state index in [4.69, 9.17) is 4.98 Å². The van der Waals surface area contributed by atoms with Gasteiger partial charge in [-0.3, -0.25) is 4.79 Å². The largest absolute Gasteiger partial charge is 0.309 e. The molecule has 3 heterocycles. The highest BCUT2D eigenvalue weighted by Gasteiger charge is 2.39. The van der Waals surface area contributed by atoms with Crippen molar-refractivity contribution in [2.24, 2.45) is 0 Å². The summed E-state index contributed by atoms with van der Waals surface area (Å²) < 4.78 is 30.5. The Morgan fingerprint density at radius 1 is 1.06 bits per heavy atom. The second-order valence-electron chi connectivity index (χ2n) is 9.06. The summed E-state index contributed by atoms with van der Waals surface area (Å²) >= 11 is 1.50. The maximum absolute atomic E-state index is 13.3. The smallest absolute Gasteiger partial charge is 0.243 e. The van der Waals surface area contributed by atoms with Gasteiger partial charge < -0.3 is 5.32 Å². The SMILES string of the molecule is Cc1ccc(S(=O)(=O)N2CCCC2C(=O)Nc2cc(C)nn2-c2nc3cc(C)c(C)cc3s2)cc1. The van der Waals surface area contributed by atoms with Crippen LogP contribution in [0.1, 0.15) is 35.2 Å². The van der Waals surface area contributed by atoms with Gasteiger partial charge in [-0.25, -0.2) is 13.4 Å². The summed E-state index contributed by atoms with van der Waals surface area (Å²) in [6.45, 7) is 8.17. The minimum atomic E-state index is -3.78. The number of aryl methyl sites for hydroxylation is 4. The predicted molar refractivity (Wildman–Crippen MR) is 138 cm³/mol. The highest BCUT2D eigenvalue weighted by atomic mass is 32.2. The zero-order valence-electron chi connectivity index (χ0n) is 20.1. The molecule has 1 atom stereocenters. The Bertz CT molecular complexity index is 1500. The fraction of sp³-hybridized carbons (Fsp3) is 0.320. The van der Waals surface area contributed by atoms with Gasteiger partial charge in [0, 0.05) is 12.6 Å². The first-order valence-electron chi connectivity index (χ1n) is 11.5. The molecule has 0 saturated carbocycles. The van der Waals surface area contributed by atoms with Gasteiger partial charge in [-0.05, 0) is 75.9 Å². The Morgan fingerprint density at radius 2 is 1.77 bits per heavy atom. The Hall–Kier alpha value is -3.08. The quantitative estimate of drug-likeness (QED) is 0.427. The highest BCUT2D eigenvalue weighted by Crippen LogP contribution is 2.31. The van der Waals surface area contributed by atoms with Crippen molar-refractivity contribution in [3.63, 3.8) is 0 Å². The summed E-state index contributed by atoms with van der Waals surface area (Å²) in [5, 5.41) is 8.11. The van der Waals surface area contributed by atoms with Crippen molar-refractivity contribution in [1.82, 2.24) is 19.1 Å². The number of thiazole rings is 1. The summed E-state index contributed by atoms with van der Waals surface area (Å²) in [6.07, 6.45) is 1.09. The van der Waals surface area contributed by atoms with Crippen LogP contribution < -0.4 is 5.32 Å². The molecule has 0 spiro atoms. The number of hydrogen-bond acceptors (Lipinski definition) is 6. The van der Waals surface area contributed by atoms with E-state index in [1.807, 2.05) is 19.9 Å². The van der Waals surface area contributed by atoms with Crippen molar-refractivity contribution in [2.45, 2.75) is 51.5 Å². The lowest BCUT2D eigenvalue weighted by Gasteiger charge is -2.23. The number of carbonyl (C=O) groups excluding carboxylic acids is 1. The van der Waals surface area contributed by atoms with Gasteiger partial charge in [-0.15, -0.1) is 0 Å². The van der Waals surface area contributed by atoms with E-state index in [1.54, 1.807) is 35.0 Å². The predicted octanol–water partition coefficient (Wildman–Crippen LogP) is 4.51. The van der Waals surface area contributed by atoms with Gasteiger partial charge in [0.15, 0.2) is 0 Å². The topological polar surface area (TPSA) is 97.2 Å². The van der Waals surface area contributed by atoms with E-state index >= 15 is 0 Å². The van der Waals surface area contributed by atoms with Crippen LogP contribution in [0.4, 0.5) is 5.82 Å². The summed E-state index contributed by atoms with van der Waals surface area (Å²) in [7, 11) is -3.78. The van der Waals surface area contributed by atoms with Crippen molar-refractivity contribution in [3.8, 4) is 5.13 Å². The normalized spacial score (nSPS) is 16.7. The maximum Gasteiger partial charge on any atom is 0.243 e. The van der Waals surface area contributed by atoms with E-state index in [1.165, 1.54) is 21.2 Å². The molecule has 182 valence electrons. The Labute approximate surface area is 208 Å². The average Bonchev–Trinajstić information content (AvgIpc) is 3.53. The number of benzene rings is 2. The molecule has 0 bridgehead atoms. The van der Waals surface area contributed by atoms with Crippen LogP contribution in [0.2, 0.25) is 0 Å². The third kappa shape index (κ3) is 4.37. The lowest BCUT2D eigenvalue weighted by atomic mass is 10.1. The third-order valence-electron chi connectivity index (χ3n) is 6.39. The molecule has 0 radical (unpaired) electrons. The molecule has 5 rings (SSSR count). The molecular weight excluding hydrogens is 482 g/mol. The van der Waals surface area contributed by atoms with Crippen LogP contribution in [0.3, 0.4) is 0 Å². The maximum atomic E-state index is 13.3. The number of aromatic nitrogens is 3. The number of carbonyl (C=O) groups is 1. The molecule has 1 aliphatic rings. The fourth-order valence-electron chi connectivity index (χ4n) is 4.34. The average molecular weight is 510 g/mol. The third-order valence-corrected chi connectivity index (χ3v) is 9.31. The van der Waals surface area contributed by atoms with Crippen LogP contribution in [0.15, 0.2) is 47.4 Å². The lowest BCUT2D eigenvalue weighted by molar-refractivity contribution is -0.119. The van der Waals surface area contributed by atoms with Crippen molar-refractivity contribution in [3.05, 3.63) is 64.8 Å². The first kappa shape index (κ1) is 23.7. The Balaban J connectivity index is 1.43. The molecule has 35 heavy (non-hydrogen) atoms. The van der Waals surface area contributed by atoms with Crippen LogP contribution in [-0.2, 0) is 14.8 Å². The van der Waals surface area contributed by atoms with E-state index in [2.05, 4.69) is 30.3 Å². The summed E-state index contributed by atoms with van der Waals surface area (Å²) in [5.74, 6) is 0.103. The highest BCUT2D eigenvalue weighted by molar-refractivity contribution is 7.89. The molecule has 1 amide bonds. The van der Waals surface area contributed by atoms with Crippen LogP contribution in [0.5, 0.6) is 0 Å². The van der Waals surface area contributed by atoms with E-state index in [0.717, 1.165) is 27.0 Å². The van der Waals surface area contributed by atoms with E-state index < -0.39 is 16.1 Å². The standard InChI is InChI=1S/C25H27N5O3S2/c1-15-7-9-19(10-8-15)35(32,33)29-11-5-6-21(29)24(31)27-23-14-18(4)28-30(23)25-26-20-12-16(2)17(3)13-22(20)34-25/h7-10,12-14,21H,5-6,11H2,1-4H3,(H,27,31). The monoisotopic (exact) mass is 509 g/mol. The molecule has 2 aromatic carbocycles. The number of anilines is 1. The zero-order chi connectivity index (χ0) is 24.9. The van der Waals surface area contributed by atoms with E-state index in [0.29, 0.717) is 30.3 Å². The molecule has 8 nitrogen and oxygen atoms in total. The van der Waals surface area contributed by atoms with E-state index in [-0.39, 0.29) is 10.8 Å². The van der Waals surface area contributed by atoms with Crippen LogP contribution in [-0.4, -0.2) is 46.0 Å². The molecule has 1 unspecified atom stereocenters. The van der Waals surface area contributed by atoms with Gasteiger partial charge in [0.25, 0.3) is 0 Å². The molecule has 1 saturated heterocycles. The van der Waals surface area contributed by atoms with Crippen LogP contribution in [0.25, 0.3) is 15.3 Å². The number of rotatable bonds is 5. The second kappa shape index (κ2) is 8.85. The number of fused-ring (bicyclic) bond motifs is 1. The summed E-state index contributed by atoms with van der Waals surface area (Å²) in [5.41, 5.74) is 4.93. The lowest BCUT2D eigenvalue weighted by Crippen LogP contribution is -2.43. The van der Waals surface area contributed by atoms with Gasteiger partial charge in [0.1, 0.15) is 11.9 Å². The van der Waals surface area contributed by atoms with Crippen molar-refractivity contribution in [2.75, 3.05) is 11.9 Å². The van der Waals surface area contributed by atoms with Crippen LogP contribution in [0, 0.1) is 27.7 Å². The van der Waals surface area contributed by atoms with Crippen molar-refractivity contribution in [1.29, 1.82) is 0 Å². The van der Waals surface area contributed by atoms with Gasteiger partial charge in [0.2, 0.25) is 21.1 Å². The molecule has 1 fully saturated rings. The molecule has 2 aromatic heterocycles. The molecule has 0 aliphatic carbocycles. The number of hydrogen-bond donors (Lipinski definition) is 1. The molecular formula is C25H27N5O3S2.